The predicted molar refractivity (Wildman–Crippen MR) is 34.9 cm³/mol. The van der Waals surface area contributed by atoms with Gasteiger partial charge in [0, 0.05) is 14.0 Å². The molecule has 50 valence electrons. The van der Waals surface area contributed by atoms with Crippen LogP contribution in [-0.2, 0) is 18.4 Å². The first kappa shape index (κ1) is 12.3. The van der Waals surface area contributed by atoms with E-state index in [9.17, 15) is 9.36 Å². The zero-order valence-corrected chi connectivity index (χ0v) is 5.63. The van der Waals surface area contributed by atoms with Crippen LogP contribution in [0.2, 0.25) is 0 Å². The molecule has 1 atom stereocenters. The minimum absolute atomic E-state index is 0. The summed E-state index contributed by atoms with van der Waals surface area (Å²) in [6, 6.07) is 0. The van der Waals surface area contributed by atoms with Crippen molar-refractivity contribution >= 4 is 43.8 Å². The summed E-state index contributed by atoms with van der Waals surface area (Å²) in [5.74, 6) is -0.587. The number of rotatable bonds is 2. The van der Waals surface area contributed by atoms with Crippen LogP contribution < -0.4 is 0 Å². The van der Waals surface area contributed by atoms with Gasteiger partial charge < -0.3 is 9.05 Å². The van der Waals surface area contributed by atoms with E-state index in [1.165, 1.54) is 14.0 Å². The number of hydrogen-bond donors (Lipinski definition) is 0. The number of hydrogen-bond acceptors (Lipinski definition) is 4. The molecule has 4 nitrogen and oxygen atoms in total. The van der Waals surface area contributed by atoms with Gasteiger partial charge in [-0.05, 0) is 0 Å². The molecule has 0 bridgehead atoms. The minimum atomic E-state index is -2.53. The predicted octanol–water partition coefficient (Wildman–Crippen LogP) is -0.0629. The fourth-order valence-corrected chi connectivity index (χ4v) is 0.477. The number of carbonyl (C=O) groups is 1. The molecule has 1 unspecified atom stereocenters. The van der Waals surface area contributed by atoms with E-state index in [2.05, 4.69) is 9.05 Å². The van der Waals surface area contributed by atoms with Crippen molar-refractivity contribution in [2.45, 2.75) is 6.92 Å². The fourth-order valence-electron chi connectivity index (χ4n) is 0.159. The van der Waals surface area contributed by atoms with Crippen LogP contribution in [0.25, 0.3) is 0 Å². The van der Waals surface area contributed by atoms with Crippen LogP contribution in [-0.4, -0.2) is 42.6 Å². The zero-order valence-electron chi connectivity index (χ0n) is 4.63. The van der Waals surface area contributed by atoms with Gasteiger partial charge in [0.15, 0.2) is 0 Å². The number of carbonyl (C=O) groups excluding carboxylic acids is 1. The first-order valence-electron chi connectivity index (χ1n) is 1.93. The molecule has 0 aromatic rings. The maximum absolute atomic E-state index is 10.1. The molecule has 0 heterocycles. The van der Waals surface area contributed by atoms with E-state index in [4.69, 9.17) is 0 Å². The Morgan fingerprint density at radius 3 is 2.11 bits per heavy atom. The third kappa shape index (κ3) is 8.66. The monoisotopic (exact) mass is 162 g/mol. The molecular formula is C3H8NaO4P. The summed E-state index contributed by atoms with van der Waals surface area (Å²) in [5.41, 5.74) is 0. The van der Waals surface area contributed by atoms with Gasteiger partial charge in [-0.2, -0.15) is 0 Å². The molecule has 0 amide bonds. The van der Waals surface area contributed by atoms with Crippen LogP contribution in [0.5, 0.6) is 0 Å². The summed E-state index contributed by atoms with van der Waals surface area (Å²) in [4.78, 5) is 9.94. The Balaban J connectivity index is 0. The second kappa shape index (κ2) is 6.78. The maximum atomic E-state index is 10.1. The van der Waals surface area contributed by atoms with Crippen molar-refractivity contribution in [2.75, 3.05) is 7.11 Å². The van der Waals surface area contributed by atoms with Gasteiger partial charge >= 0.3 is 43.8 Å². The molecule has 0 aliphatic carbocycles. The van der Waals surface area contributed by atoms with E-state index in [1.807, 2.05) is 0 Å². The molecule has 6 heteroatoms. The van der Waals surface area contributed by atoms with E-state index >= 15 is 0 Å². The molecule has 0 aromatic heterocycles. The van der Waals surface area contributed by atoms with Crippen molar-refractivity contribution in [1.82, 2.24) is 0 Å². The van der Waals surface area contributed by atoms with Gasteiger partial charge in [0.1, 0.15) is 0 Å². The Morgan fingerprint density at radius 1 is 1.56 bits per heavy atom. The zero-order chi connectivity index (χ0) is 6.57. The Hall–Kier alpha value is 0.660. The van der Waals surface area contributed by atoms with Crippen molar-refractivity contribution in [3.63, 3.8) is 0 Å². The van der Waals surface area contributed by atoms with Crippen LogP contribution in [0.3, 0.4) is 0 Å². The van der Waals surface area contributed by atoms with E-state index in [0.717, 1.165) is 0 Å². The van der Waals surface area contributed by atoms with E-state index in [-0.39, 0.29) is 29.6 Å². The van der Waals surface area contributed by atoms with Crippen molar-refractivity contribution in [3.05, 3.63) is 0 Å². The van der Waals surface area contributed by atoms with Gasteiger partial charge in [-0.15, -0.1) is 0 Å². The van der Waals surface area contributed by atoms with Gasteiger partial charge in [0.25, 0.3) is 0 Å². The van der Waals surface area contributed by atoms with Crippen molar-refractivity contribution < 1.29 is 18.4 Å². The molecule has 9 heavy (non-hydrogen) atoms. The molecule has 0 radical (unpaired) electrons. The molecular weight excluding hydrogens is 154 g/mol. The summed E-state index contributed by atoms with van der Waals surface area (Å²) in [5, 5.41) is 0. The Bertz CT molecular complexity index is 114. The van der Waals surface area contributed by atoms with Crippen LogP contribution in [0.1, 0.15) is 6.92 Å². The molecule has 0 N–H and O–H groups in total. The van der Waals surface area contributed by atoms with E-state index in [1.54, 1.807) is 0 Å². The van der Waals surface area contributed by atoms with Crippen LogP contribution in [0.4, 0.5) is 0 Å². The molecule has 0 rings (SSSR count). The normalized spacial score (nSPS) is 11.3. The molecule has 0 saturated carbocycles. The van der Waals surface area contributed by atoms with Crippen molar-refractivity contribution in [3.8, 4) is 0 Å². The molecule has 0 aromatic carbocycles. The van der Waals surface area contributed by atoms with E-state index in [0.29, 0.717) is 0 Å². The Labute approximate surface area is 76.1 Å². The van der Waals surface area contributed by atoms with Gasteiger partial charge in [-0.25, -0.2) is 4.57 Å². The van der Waals surface area contributed by atoms with Crippen LogP contribution in [0.15, 0.2) is 0 Å². The third-order valence-corrected chi connectivity index (χ3v) is 1.18. The first-order chi connectivity index (χ1) is 3.66. The summed E-state index contributed by atoms with van der Waals surface area (Å²) in [7, 11) is -1.32. The topological polar surface area (TPSA) is 52.6 Å². The second-order valence-electron chi connectivity index (χ2n) is 1.05. The summed E-state index contributed by atoms with van der Waals surface area (Å²) >= 11 is 0. The summed E-state index contributed by atoms with van der Waals surface area (Å²) in [6.45, 7) is 1.17. The quantitative estimate of drug-likeness (QED) is 0.421. The Morgan fingerprint density at radius 2 is 2.00 bits per heavy atom. The van der Waals surface area contributed by atoms with Gasteiger partial charge in [0.2, 0.25) is 0 Å². The van der Waals surface area contributed by atoms with Crippen LogP contribution >= 0.6 is 8.25 Å². The molecule has 0 fully saturated rings. The average molecular weight is 162 g/mol. The molecule has 0 aliphatic rings. The SMILES string of the molecule is CO[PH](=O)OC(C)=O.[NaH]. The molecule has 0 saturated heterocycles. The van der Waals surface area contributed by atoms with Gasteiger partial charge in [0.05, 0.1) is 0 Å². The summed E-state index contributed by atoms with van der Waals surface area (Å²) in [6.07, 6.45) is 0. The van der Waals surface area contributed by atoms with Gasteiger partial charge in [-0.3, -0.25) is 4.79 Å². The van der Waals surface area contributed by atoms with Crippen molar-refractivity contribution in [2.24, 2.45) is 0 Å². The van der Waals surface area contributed by atoms with Crippen LogP contribution in [0, 0.1) is 0 Å². The van der Waals surface area contributed by atoms with Gasteiger partial charge in [-0.1, -0.05) is 0 Å². The standard InChI is InChI=1S/C3H7O4P.Na.H/c1-3(4)7-8(5)6-2;;/h8H,1-2H3;;. The third-order valence-electron chi connectivity index (χ3n) is 0.394. The molecule has 0 aliphatic heterocycles. The first-order valence-corrected chi connectivity index (χ1v) is 3.15. The summed E-state index contributed by atoms with van der Waals surface area (Å²) < 4.78 is 18.4. The Kier molecular flexibility index (Phi) is 9.30. The van der Waals surface area contributed by atoms with E-state index < -0.39 is 14.2 Å². The molecule has 0 spiro atoms. The second-order valence-corrected chi connectivity index (χ2v) is 2.16. The van der Waals surface area contributed by atoms with Crippen molar-refractivity contribution in [1.29, 1.82) is 0 Å². The average Bonchev–Trinajstić information content (AvgIpc) is 1.65. The fraction of sp³-hybridized carbons (Fsp3) is 0.667.